The predicted molar refractivity (Wildman–Crippen MR) is 117 cm³/mol. The Morgan fingerprint density at radius 3 is 2.61 bits per heavy atom. The van der Waals surface area contributed by atoms with Crippen molar-refractivity contribution in [3.05, 3.63) is 23.8 Å². The average molecular weight is 495 g/mol. The molecule has 7 heteroatoms. The molecule has 4 aliphatic rings. The largest absolute Gasteiger partial charge is 0.458 e. The van der Waals surface area contributed by atoms with E-state index in [0.717, 1.165) is 18.4 Å². The number of ether oxygens (including phenoxy) is 1. The summed E-state index contributed by atoms with van der Waals surface area (Å²) in [6.45, 7) is 6.60. The number of ketones is 2. The van der Waals surface area contributed by atoms with E-state index in [-0.39, 0.29) is 30.0 Å². The molecule has 0 aromatic carbocycles. The fraction of sp³-hybridized carbons (Fsp3) is 0.708. The lowest BCUT2D eigenvalue weighted by Crippen LogP contribution is -2.68. The van der Waals surface area contributed by atoms with Crippen LogP contribution in [-0.4, -0.2) is 50.4 Å². The summed E-state index contributed by atoms with van der Waals surface area (Å²) < 4.78 is 4.24. The Kier molecular flexibility index (Phi) is 5.23. The summed E-state index contributed by atoms with van der Waals surface area (Å²) in [7, 11) is 0. The topological polar surface area (TPSA) is 101 Å². The number of aliphatic hydroxyl groups excluding tert-OH is 1. The number of aliphatic hydroxyl groups is 2. The number of halogens is 1. The monoisotopic (exact) mass is 494 g/mol. The minimum absolute atomic E-state index is 0.000692. The van der Waals surface area contributed by atoms with Crippen molar-refractivity contribution >= 4 is 33.5 Å². The first-order valence-corrected chi connectivity index (χ1v) is 11.8. The predicted octanol–water partition coefficient (Wildman–Crippen LogP) is 2.89. The molecule has 0 aliphatic heterocycles. The third-order valence-electron chi connectivity index (χ3n) is 9.05. The molecule has 0 radical (unpaired) electrons. The number of carbonyl (C=O) groups is 3. The Morgan fingerprint density at radius 1 is 1.29 bits per heavy atom. The summed E-state index contributed by atoms with van der Waals surface area (Å²) in [5, 5.41) is 23.3. The maximum atomic E-state index is 13.1. The molecule has 0 aromatic heterocycles. The molecule has 0 saturated heterocycles. The van der Waals surface area contributed by atoms with Gasteiger partial charge in [-0.25, -0.2) is 0 Å². The SMILES string of the molecule is CC(=O)OCC(=O)[C@@]1(O)[C@@H](C)C[C@H]2[C@@H]3CCC4=CC(=O)C=C[C@]4(C)[C@@]3(Br)[C@@H](O)C[C@@]21C. The second kappa shape index (κ2) is 7.09. The number of alkyl halides is 1. The molecule has 170 valence electrons. The number of hydrogen-bond acceptors (Lipinski definition) is 6. The molecule has 0 heterocycles. The molecule has 0 spiro atoms. The van der Waals surface area contributed by atoms with Crippen molar-refractivity contribution in [1.29, 1.82) is 0 Å². The van der Waals surface area contributed by atoms with Crippen LogP contribution in [0.4, 0.5) is 0 Å². The lowest BCUT2D eigenvalue weighted by molar-refractivity contribution is -0.181. The van der Waals surface area contributed by atoms with E-state index in [1.54, 1.807) is 12.2 Å². The fourth-order valence-electron chi connectivity index (χ4n) is 7.42. The second-order valence-electron chi connectivity index (χ2n) is 10.4. The van der Waals surface area contributed by atoms with Gasteiger partial charge in [0.05, 0.1) is 10.4 Å². The summed E-state index contributed by atoms with van der Waals surface area (Å²) in [5.41, 5.74) is -2.05. The van der Waals surface area contributed by atoms with Crippen LogP contribution in [0.5, 0.6) is 0 Å². The van der Waals surface area contributed by atoms with Crippen LogP contribution < -0.4 is 0 Å². The van der Waals surface area contributed by atoms with Crippen molar-refractivity contribution in [3.63, 3.8) is 0 Å². The quantitative estimate of drug-likeness (QED) is 0.462. The first kappa shape index (κ1) is 22.9. The van der Waals surface area contributed by atoms with Gasteiger partial charge in [-0.15, -0.1) is 0 Å². The molecule has 8 atom stereocenters. The first-order chi connectivity index (χ1) is 14.3. The van der Waals surface area contributed by atoms with Gasteiger partial charge in [0, 0.05) is 17.8 Å². The van der Waals surface area contributed by atoms with Crippen LogP contribution in [-0.2, 0) is 19.1 Å². The number of hydrogen-bond donors (Lipinski definition) is 2. The number of Topliss-reactive ketones (excluding diaryl/α,β-unsaturated/α-hetero) is 1. The van der Waals surface area contributed by atoms with Crippen LogP contribution in [0.3, 0.4) is 0 Å². The molecule has 4 aliphatic carbocycles. The second-order valence-corrected chi connectivity index (χ2v) is 11.7. The zero-order valence-corrected chi connectivity index (χ0v) is 20.1. The molecule has 0 aromatic rings. The van der Waals surface area contributed by atoms with Gasteiger partial charge in [0.25, 0.3) is 0 Å². The Morgan fingerprint density at radius 2 is 1.97 bits per heavy atom. The first-order valence-electron chi connectivity index (χ1n) is 11.0. The van der Waals surface area contributed by atoms with Gasteiger partial charge in [0.1, 0.15) is 5.60 Å². The molecule has 31 heavy (non-hydrogen) atoms. The molecule has 0 unspecified atom stereocenters. The number of esters is 1. The summed E-state index contributed by atoms with van der Waals surface area (Å²) in [4.78, 5) is 36.4. The van der Waals surface area contributed by atoms with E-state index in [1.165, 1.54) is 6.92 Å². The molecular formula is C24H31BrO6. The van der Waals surface area contributed by atoms with Gasteiger partial charge in [0.2, 0.25) is 5.78 Å². The highest BCUT2D eigenvalue weighted by Crippen LogP contribution is 2.71. The molecule has 0 bridgehead atoms. The highest BCUT2D eigenvalue weighted by Gasteiger charge is 2.74. The molecule has 3 fully saturated rings. The Hall–Kier alpha value is -1.31. The van der Waals surface area contributed by atoms with Crippen LogP contribution in [0.25, 0.3) is 0 Å². The van der Waals surface area contributed by atoms with Gasteiger partial charge >= 0.3 is 5.97 Å². The standard InChI is InChI=1S/C24H31BrO6/c1-13-9-18-17-6-5-15-10-16(27)7-8-21(15,3)23(17,25)19(28)11-22(18,4)24(13,30)20(29)12-31-14(2)26/h7-8,10,13,17-19,28,30H,5-6,9,11-12H2,1-4H3/t13-,17-,18-,19-,21-,22-,23-,24-/m0/s1. The Labute approximate surface area is 191 Å². The molecule has 0 amide bonds. The number of allylic oxidation sites excluding steroid dienone is 4. The van der Waals surface area contributed by atoms with Crippen molar-refractivity contribution in [3.8, 4) is 0 Å². The number of fused-ring (bicyclic) bond motifs is 5. The summed E-state index contributed by atoms with van der Waals surface area (Å²) >= 11 is 3.97. The lowest BCUT2D eigenvalue weighted by atomic mass is 9.46. The van der Waals surface area contributed by atoms with Gasteiger partial charge < -0.3 is 14.9 Å². The molecule has 3 saturated carbocycles. The number of carbonyl (C=O) groups excluding carboxylic acids is 3. The van der Waals surface area contributed by atoms with E-state index in [4.69, 9.17) is 4.74 Å². The van der Waals surface area contributed by atoms with E-state index >= 15 is 0 Å². The molecular weight excluding hydrogens is 464 g/mol. The normalized spacial score (nSPS) is 48.4. The van der Waals surface area contributed by atoms with Crippen molar-refractivity contribution in [2.24, 2.45) is 28.6 Å². The van der Waals surface area contributed by atoms with Crippen molar-refractivity contribution in [1.82, 2.24) is 0 Å². The fourth-order valence-corrected chi connectivity index (χ4v) is 8.51. The van der Waals surface area contributed by atoms with Gasteiger partial charge in [-0.2, -0.15) is 0 Å². The van der Waals surface area contributed by atoms with Crippen molar-refractivity contribution in [2.75, 3.05) is 6.61 Å². The third kappa shape index (κ3) is 2.78. The molecule has 6 nitrogen and oxygen atoms in total. The Bertz CT molecular complexity index is 910. The van der Waals surface area contributed by atoms with Gasteiger partial charge in [0.15, 0.2) is 12.4 Å². The van der Waals surface area contributed by atoms with E-state index < -0.39 is 45.2 Å². The minimum Gasteiger partial charge on any atom is -0.458 e. The van der Waals surface area contributed by atoms with Crippen molar-refractivity contribution < 1.29 is 29.3 Å². The van der Waals surface area contributed by atoms with E-state index in [9.17, 15) is 24.6 Å². The Balaban J connectivity index is 1.76. The van der Waals surface area contributed by atoms with Crippen LogP contribution in [0.15, 0.2) is 23.8 Å². The van der Waals surface area contributed by atoms with E-state index in [2.05, 4.69) is 22.9 Å². The minimum atomic E-state index is -1.68. The summed E-state index contributed by atoms with van der Waals surface area (Å²) in [6.07, 6.45) is 6.70. The summed E-state index contributed by atoms with van der Waals surface area (Å²) in [5.74, 6) is -1.44. The summed E-state index contributed by atoms with van der Waals surface area (Å²) in [6, 6.07) is 0. The zero-order chi connectivity index (χ0) is 23.0. The smallest absolute Gasteiger partial charge is 0.303 e. The maximum absolute atomic E-state index is 13.1. The van der Waals surface area contributed by atoms with Crippen LogP contribution in [0.1, 0.15) is 53.4 Å². The number of rotatable bonds is 3. The van der Waals surface area contributed by atoms with Gasteiger partial charge in [-0.3, -0.25) is 14.4 Å². The van der Waals surface area contributed by atoms with Gasteiger partial charge in [-0.05, 0) is 55.6 Å². The molecule has 2 N–H and O–H groups in total. The highest BCUT2D eigenvalue weighted by atomic mass is 79.9. The van der Waals surface area contributed by atoms with Crippen LogP contribution in [0.2, 0.25) is 0 Å². The maximum Gasteiger partial charge on any atom is 0.303 e. The zero-order valence-electron chi connectivity index (χ0n) is 18.5. The third-order valence-corrected chi connectivity index (χ3v) is 11.0. The molecule has 4 rings (SSSR count). The van der Waals surface area contributed by atoms with Crippen LogP contribution >= 0.6 is 15.9 Å². The van der Waals surface area contributed by atoms with Crippen molar-refractivity contribution in [2.45, 2.75) is 69.4 Å². The van der Waals surface area contributed by atoms with Gasteiger partial charge in [-0.1, -0.05) is 48.4 Å². The highest BCUT2D eigenvalue weighted by molar-refractivity contribution is 9.10. The lowest BCUT2D eigenvalue weighted by Gasteiger charge is -2.64. The van der Waals surface area contributed by atoms with E-state index in [0.29, 0.717) is 6.42 Å². The van der Waals surface area contributed by atoms with Crippen LogP contribution in [0, 0.1) is 28.6 Å². The van der Waals surface area contributed by atoms with E-state index in [1.807, 2.05) is 19.9 Å². The average Bonchev–Trinajstić information content (AvgIpc) is 2.89.